The summed E-state index contributed by atoms with van der Waals surface area (Å²) >= 11 is 6.20. The summed E-state index contributed by atoms with van der Waals surface area (Å²) in [5.41, 5.74) is 5.88. The van der Waals surface area contributed by atoms with E-state index in [-0.39, 0.29) is 29.8 Å². The van der Waals surface area contributed by atoms with Gasteiger partial charge in [-0.1, -0.05) is 60.1 Å². The molecule has 2 heterocycles. The van der Waals surface area contributed by atoms with Gasteiger partial charge in [-0.3, -0.25) is 9.59 Å². The van der Waals surface area contributed by atoms with Crippen molar-refractivity contribution in [2.45, 2.75) is 85.2 Å². The lowest BCUT2D eigenvalue weighted by Crippen LogP contribution is -2.56. The van der Waals surface area contributed by atoms with Crippen molar-refractivity contribution in [1.82, 2.24) is 20.6 Å². The lowest BCUT2D eigenvalue weighted by molar-refractivity contribution is -0.151. The molecule has 0 atom stereocenters. The SMILES string of the molecule is CCOC(=O)C1(NC(=O)c2c(C)cc(C)nc2Cl)Cc2ccccc2C1.CCOC(=O)C1(NC(=O)c2c(C)cc(C)nc2N(C)CC)Cc2ccccc2C1. The van der Waals surface area contributed by atoms with E-state index in [1.54, 1.807) is 26.8 Å². The number of pyridine rings is 2. The van der Waals surface area contributed by atoms with Crippen LogP contribution in [0.15, 0.2) is 60.7 Å². The minimum absolute atomic E-state index is 0.134. The number of esters is 2. The molecule has 2 aromatic carbocycles. The Kier molecular flexibility index (Phi) is 12.7. The number of nitrogens with zero attached hydrogens (tertiary/aromatic N) is 3. The fourth-order valence-corrected chi connectivity index (χ4v) is 7.85. The summed E-state index contributed by atoms with van der Waals surface area (Å²) in [4.78, 5) is 62.8. The van der Waals surface area contributed by atoms with Crippen LogP contribution in [0.2, 0.25) is 5.15 Å². The molecule has 11 nitrogen and oxygen atoms in total. The van der Waals surface area contributed by atoms with E-state index in [0.29, 0.717) is 43.6 Å². The summed E-state index contributed by atoms with van der Waals surface area (Å²) in [6.45, 7) is 14.2. The Morgan fingerprint density at radius 1 is 0.673 bits per heavy atom. The second kappa shape index (κ2) is 17.0. The molecule has 2 aliphatic rings. The first kappa shape index (κ1) is 40.9. The van der Waals surface area contributed by atoms with E-state index >= 15 is 0 Å². The van der Waals surface area contributed by atoms with Gasteiger partial charge in [0.05, 0.1) is 24.3 Å². The second-order valence-corrected chi connectivity index (χ2v) is 14.7. The molecule has 55 heavy (non-hydrogen) atoms. The van der Waals surface area contributed by atoms with Crippen molar-refractivity contribution in [3.05, 3.63) is 122 Å². The van der Waals surface area contributed by atoms with Crippen molar-refractivity contribution in [3.8, 4) is 0 Å². The third kappa shape index (κ3) is 8.67. The molecule has 0 aliphatic heterocycles. The molecule has 0 saturated carbocycles. The van der Waals surface area contributed by atoms with Crippen LogP contribution in [-0.2, 0) is 44.7 Å². The minimum Gasteiger partial charge on any atom is -0.464 e. The summed E-state index contributed by atoms with van der Waals surface area (Å²) in [6, 6.07) is 19.4. The average molecular weight is 768 g/mol. The van der Waals surface area contributed by atoms with Gasteiger partial charge >= 0.3 is 11.9 Å². The van der Waals surface area contributed by atoms with Crippen LogP contribution in [-0.4, -0.2) is 71.6 Å². The molecular formula is C43H50ClN5O6. The van der Waals surface area contributed by atoms with Gasteiger partial charge in [0.1, 0.15) is 22.0 Å². The zero-order chi connectivity index (χ0) is 40.1. The lowest BCUT2D eigenvalue weighted by atomic mass is 9.94. The number of anilines is 1. The predicted octanol–water partition coefficient (Wildman–Crippen LogP) is 6.17. The van der Waals surface area contributed by atoms with Gasteiger partial charge in [0.15, 0.2) is 0 Å². The van der Waals surface area contributed by atoms with E-state index in [9.17, 15) is 19.2 Å². The number of hydrogen-bond donors (Lipinski definition) is 2. The molecule has 2 amide bonds. The van der Waals surface area contributed by atoms with Crippen molar-refractivity contribution >= 4 is 41.2 Å². The highest BCUT2D eigenvalue weighted by molar-refractivity contribution is 6.33. The maximum Gasteiger partial charge on any atom is 0.332 e. The zero-order valence-corrected chi connectivity index (χ0v) is 33.6. The molecular weight excluding hydrogens is 718 g/mol. The molecule has 12 heteroatoms. The summed E-state index contributed by atoms with van der Waals surface area (Å²) in [5.74, 6) is -0.921. The first-order valence-corrected chi connectivity index (χ1v) is 19.0. The third-order valence-electron chi connectivity index (χ3n) is 10.2. The molecule has 0 radical (unpaired) electrons. The maximum atomic E-state index is 13.5. The number of aryl methyl sites for hydroxylation is 4. The van der Waals surface area contributed by atoms with Gasteiger partial charge in [0.2, 0.25) is 0 Å². The fraction of sp³-hybridized carbons (Fsp3) is 0.395. The first-order valence-electron chi connectivity index (χ1n) is 18.6. The number of nitrogens with one attached hydrogen (secondary N) is 2. The van der Waals surface area contributed by atoms with Gasteiger partial charge < -0.3 is 25.0 Å². The molecule has 2 N–H and O–H groups in total. The second-order valence-electron chi connectivity index (χ2n) is 14.3. The van der Waals surface area contributed by atoms with E-state index < -0.39 is 28.9 Å². The fourth-order valence-electron chi connectivity index (χ4n) is 7.48. The third-order valence-corrected chi connectivity index (χ3v) is 10.4. The van der Waals surface area contributed by atoms with Gasteiger partial charge in [-0.15, -0.1) is 0 Å². The number of carbonyl (C=O) groups excluding carboxylic acids is 4. The molecule has 0 saturated heterocycles. The average Bonchev–Trinajstić information content (AvgIpc) is 3.70. The normalized spacial score (nSPS) is 14.4. The van der Waals surface area contributed by atoms with Crippen LogP contribution in [0.1, 0.15) is 86.3 Å². The first-order chi connectivity index (χ1) is 26.2. The minimum atomic E-state index is -1.13. The molecule has 290 valence electrons. The lowest BCUT2D eigenvalue weighted by Gasteiger charge is -2.29. The monoisotopic (exact) mass is 767 g/mol. The molecule has 0 unspecified atom stereocenters. The Morgan fingerprint density at radius 2 is 1.05 bits per heavy atom. The van der Waals surface area contributed by atoms with Crippen molar-refractivity contribution < 1.29 is 28.7 Å². The summed E-state index contributed by atoms with van der Waals surface area (Å²) in [7, 11) is 1.91. The van der Waals surface area contributed by atoms with Crippen molar-refractivity contribution in [2.24, 2.45) is 0 Å². The van der Waals surface area contributed by atoms with Gasteiger partial charge in [-0.05, 0) is 94.0 Å². The zero-order valence-electron chi connectivity index (χ0n) is 32.9. The molecule has 0 fully saturated rings. The van der Waals surface area contributed by atoms with Crippen LogP contribution in [0.4, 0.5) is 5.82 Å². The van der Waals surface area contributed by atoms with Crippen molar-refractivity contribution in [1.29, 1.82) is 0 Å². The van der Waals surface area contributed by atoms with E-state index in [1.807, 2.05) is 94.2 Å². The Morgan fingerprint density at radius 3 is 1.44 bits per heavy atom. The number of rotatable bonds is 10. The number of halogens is 1. The Bertz CT molecular complexity index is 2040. The number of carbonyl (C=O) groups is 4. The Balaban J connectivity index is 0.000000212. The largest absolute Gasteiger partial charge is 0.464 e. The highest BCUT2D eigenvalue weighted by atomic mass is 35.5. The molecule has 2 aliphatic carbocycles. The molecule has 6 rings (SSSR count). The highest BCUT2D eigenvalue weighted by Gasteiger charge is 2.48. The van der Waals surface area contributed by atoms with E-state index in [1.165, 1.54) is 0 Å². The van der Waals surface area contributed by atoms with E-state index in [4.69, 9.17) is 21.1 Å². The highest BCUT2D eigenvalue weighted by Crippen LogP contribution is 2.34. The van der Waals surface area contributed by atoms with Crippen LogP contribution in [0.5, 0.6) is 0 Å². The summed E-state index contributed by atoms with van der Waals surface area (Å²) in [6.07, 6.45) is 1.63. The summed E-state index contributed by atoms with van der Waals surface area (Å²) in [5, 5.41) is 6.08. The van der Waals surface area contributed by atoms with Crippen LogP contribution in [0, 0.1) is 27.7 Å². The Hall–Kier alpha value is -5.29. The number of aromatic nitrogens is 2. The van der Waals surface area contributed by atoms with Crippen molar-refractivity contribution in [2.75, 3.05) is 31.7 Å². The Labute approximate surface area is 328 Å². The number of hydrogen-bond acceptors (Lipinski definition) is 9. The van der Waals surface area contributed by atoms with E-state index in [0.717, 1.165) is 44.8 Å². The van der Waals surface area contributed by atoms with Crippen LogP contribution in [0.25, 0.3) is 0 Å². The quantitative estimate of drug-likeness (QED) is 0.143. The van der Waals surface area contributed by atoms with E-state index in [2.05, 4.69) is 20.6 Å². The van der Waals surface area contributed by atoms with Gasteiger partial charge in [-0.25, -0.2) is 19.6 Å². The number of benzene rings is 2. The van der Waals surface area contributed by atoms with Crippen molar-refractivity contribution in [3.63, 3.8) is 0 Å². The van der Waals surface area contributed by atoms with Gasteiger partial charge in [-0.2, -0.15) is 0 Å². The molecule has 4 aromatic rings. The van der Waals surface area contributed by atoms with Crippen LogP contribution in [0.3, 0.4) is 0 Å². The molecule has 2 aromatic heterocycles. The summed E-state index contributed by atoms with van der Waals surface area (Å²) < 4.78 is 10.6. The number of fused-ring (bicyclic) bond motifs is 2. The maximum absolute atomic E-state index is 13.5. The number of ether oxygens (including phenoxy) is 2. The van der Waals surface area contributed by atoms with Gasteiger partial charge in [0, 0.05) is 50.7 Å². The molecule has 0 spiro atoms. The molecule has 0 bridgehead atoms. The number of amides is 2. The van der Waals surface area contributed by atoms with Crippen LogP contribution < -0.4 is 15.5 Å². The van der Waals surface area contributed by atoms with Gasteiger partial charge in [0.25, 0.3) is 11.8 Å². The standard InChI is InChI=1S/C23H29N3O3.C20H21ClN2O3/c1-6-26(5)20-19(15(3)12-16(4)24-20)21(27)25-23(22(28)29-7-2)13-17-10-8-9-11-18(17)14-23;1-4-26-19(25)20(10-14-7-5-6-8-15(14)11-20)23-18(24)16-12(2)9-13(3)22-17(16)21/h8-12H,6-7,13-14H2,1-5H3,(H,25,27);5-9H,4,10-11H2,1-3H3,(H,23,24). The topological polar surface area (TPSA) is 140 Å². The predicted molar refractivity (Wildman–Crippen MR) is 213 cm³/mol. The van der Waals surface area contributed by atoms with Crippen LogP contribution >= 0.6 is 11.6 Å². The smallest absolute Gasteiger partial charge is 0.332 e.